The van der Waals surface area contributed by atoms with E-state index in [-0.39, 0.29) is 41.3 Å². The molecule has 0 aliphatic heterocycles. The molecule has 3 aromatic heterocycles. The Morgan fingerprint density at radius 2 is 1.88 bits per heavy atom. The van der Waals surface area contributed by atoms with Crippen LogP contribution in [0.2, 0.25) is 5.02 Å². The molecule has 5 aromatic rings. The number of nitrogens with zero attached hydrogens (tertiary/aromatic N) is 5. The van der Waals surface area contributed by atoms with Gasteiger partial charge >= 0.3 is 0 Å². The van der Waals surface area contributed by atoms with E-state index in [0.29, 0.717) is 39.7 Å². The molecule has 0 amide bonds. The number of anilines is 2. The first-order chi connectivity index (χ1) is 20.6. The monoisotopic (exact) mass is 618 g/mol. The Morgan fingerprint density at radius 3 is 2.65 bits per heavy atom. The van der Waals surface area contributed by atoms with Gasteiger partial charge in [-0.2, -0.15) is 0 Å². The smallest absolute Gasteiger partial charge is 0.267 e. The van der Waals surface area contributed by atoms with Crippen LogP contribution in [0.5, 0.6) is 0 Å². The number of pyridine rings is 1. The minimum absolute atomic E-state index is 0.0481. The minimum Gasteiger partial charge on any atom is -0.382 e. The van der Waals surface area contributed by atoms with Crippen molar-refractivity contribution in [3.8, 4) is 17.5 Å². The van der Waals surface area contributed by atoms with Crippen molar-refractivity contribution in [1.82, 2.24) is 29.2 Å². The van der Waals surface area contributed by atoms with E-state index in [9.17, 15) is 17.6 Å². The quantitative estimate of drug-likeness (QED) is 0.222. The Bertz CT molecular complexity index is 2060. The van der Waals surface area contributed by atoms with Crippen LogP contribution in [0, 0.1) is 17.7 Å². The predicted octanol–water partition coefficient (Wildman–Crippen LogP) is 3.05. The molecule has 0 spiro atoms. The first-order valence-corrected chi connectivity index (χ1v) is 15.1. The van der Waals surface area contributed by atoms with Crippen LogP contribution in [-0.2, 0) is 23.0 Å². The molecular formula is C29H24ClFN8O3S. The van der Waals surface area contributed by atoms with Crippen LogP contribution in [0.25, 0.3) is 16.6 Å². The highest BCUT2D eigenvalue weighted by molar-refractivity contribution is 7.88. The highest BCUT2D eigenvalue weighted by Crippen LogP contribution is 2.22. The maximum Gasteiger partial charge on any atom is 0.267 e. The third-order valence-corrected chi connectivity index (χ3v) is 7.17. The molecule has 0 atom stereocenters. The summed E-state index contributed by atoms with van der Waals surface area (Å²) >= 11 is 6.40. The van der Waals surface area contributed by atoms with Crippen LogP contribution in [0.15, 0.2) is 71.9 Å². The van der Waals surface area contributed by atoms with Gasteiger partial charge in [0.05, 0.1) is 34.1 Å². The largest absolute Gasteiger partial charge is 0.382 e. The minimum atomic E-state index is -3.42. The molecule has 14 heteroatoms. The number of nitrogen functional groups attached to an aromatic ring is 1. The van der Waals surface area contributed by atoms with Crippen LogP contribution in [0.3, 0.4) is 0 Å². The summed E-state index contributed by atoms with van der Waals surface area (Å²) in [7, 11) is -3.42. The molecule has 0 saturated heterocycles. The zero-order valence-electron chi connectivity index (χ0n) is 22.7. The highest BCUT2D eigenvalue weighted by atomic mass is 35.5. The number of nitrogens with one attached hydrogen (secondary N) is 2. The summed E-state index contributed by atoms with van der Waals surface area (Å²) in [4.78, 5) is 30.7. The Labute approximate surface area is 251 Å². The maximum absolute atomic E-state index is 13.8. The molecule has 11 nitrogen and oxygen atoms in total. The summed E-state index contributed by atoms with van der Waals surface area (Å²) in [6.07, 6.45) is 3.69. The molecule has 2 aromatic carbocycles. The SMILES string of the molecule is CS(=O)(=O)NCc1cccc(-n2c(CCNc3ncnc(N)c3C#Cc3ccc(F)cn3)nc3cccc(Cl)c3c2=O)c1. The lowest BCUT2D eigenvalue weighted by atomic mass is 10.1. The second-order valence-corrected chi connectivity index (χ2v) is 11.6. The number of hydrogen-bond donors (Lipinski definition) is 3. The molecular weight excluding hydrogens is 595 g/mol. The topological polar surface area (TPSA) is 158 Å². The first kappa shape index (κ1) is 29.6. The van der Waals surface area contributed by atoms with Crippen molar-refractivity contribution >= 4 is 44.2 Å². The van der Waals surface area contributed by atoms with Crippen LogP contribution in [0.1, 0.15) is 22.6 Å². The molecule has 0 radical (unpaired) electrons. The fraction of sp³-hybridized carbons (Fsp3) is 0.138. The summed E-state index contributed by atoms with van der Waals surface area (Å²) in [5.74, 6) is 6.16. The van der Waals surface area contributed by atoms with Crippen molar-refractivity contribution in [2.75, 3.05) is 23.9 Å². The second kappa shape index (κ2) is 12.5. The van der Waals surface area contributed by atoms with Crippen LogP contribution in [0.4, 0.5) is 16.0 Å². The van der Waals surface area contributed by atoms with Crippen molar-refractivity contribution in [3.63, 3.8) is 0 Å². The van der Waals surface area contributed by atoms with E-state index in [1.54, 1.807) is 42.5 Å². The average Bonchev–Trinajstić information content (AvgIpc) is 2.96. The van der Waals surface area contributed by atoms with Crippen LogP contribution in [-0.4, -0.2) is 45.7 Å². The summed E-state index contributed by atoms with van der Waals surface area (Å²) in [5, 5.41) is 3.70. The van der Waals surface area contributed by atoms with Gasteiger partial charge in [0, 0.05) is 19.5 Å². The van der Waals surface area contributed by atoms with Gasteiger partial charge in [0.15, 0.2) is 0 Å². The molecule has 0 bridgehead atoms. The maximum atomic E-state index is 13.8. The summed E-state index contributed by atoms with van der Waals surface area (Å²) in [6, 6.07) is 14.7. The number of hydrogen-bond acceptors (Lipinski definition) is 9. The Balaban J connectivity index is 1.48. The predicted molar refractivity (Wildman–Crippen MR) is 163 cm³/mol. The molecule has 5 rings (SSSR count). The molecule has 0 fully saturated rings. The van der Waals surface area contributed by atoms with Gasteiger partial charge in [-0.25, -0.2) is 37.5 Å². The number of nitrogens with two attached hydrogens (primary N) is 1. The molecule has 0 aliphatic carbocycles. The number of sulfonamides is 1. The standard InChI is InChI=1S/C29H24ClFN8O3S/c1-43(41,42)37-15-18-4-2-5-21(14-18)39-25(38-24-7-3-6-23(30)26(24)29(39)40)12-13-33-28-22(27(32)35-17-36-28)11-10-20-9-8-19(31)16-34-20/h2-9,14,16-17,37H,12-13,15H2,1H3,(H3,32,33,35,36). The number of fused-ring (bicyclic) bond motifs is 1. The summed E-state index contributed by atoms with van der Waals surface area (Å²) < 4.78 is 40.3. The third kappa shape index (κ3) is 7.12. The summed E-state index contributed by atoms with van der Waals surface area (Å²) in [5.41, 5.74) is 7.94. The van der Waals surface area contributed by atoms with E-state index in [1.807, 2.05) is 0 Å². The number of aromatic nitrogens is 5. The van der Waals surface area contributed by atoms with Crippen molar-refractivity contribution in [3.05, 3.63) is 111 Å². The van der Waals surface area contributed by atoms with Gasteiger partial charge in [0.1, 0.15) is 40.9 Å². The zero-order chi connectivity index (χ0) is 30.6. The molecule has 0 saturated carbocycles. The third-order valence-electron chi connectivity index (χ3n) is 6.18. The fourth-order valence-electron chi connectivity index (χ4n) is 4.22. The highest BCUT2D eigenvalue weighted by Gasteiger charge is 2.16. The van der Waals surface area contributed by atoms with E-state index in [1.165, 1.54) is 23.0 Å². The van der Waals surface area contributed by atoms with Gasteiger partial charge in [-0.3, -0.25) is 9.36 Å². The van der Waals surface area contributed by atoms with E-state index in [0.717, 1.165) is 12.5 Å². The molecule has 3 heterocycles. The van der Waals surface area contributed by atoms with Crippen molar-refractivity contribution in [2.24, 2.45) is 0 Å². The van der Waals surface area contributed by atoms with Gasteiger partial charge < -0.3 is 11.1 Å². The van der Waals surface area contributed by atoms with Crippen molar-refractivity contribution in [2.45, 2.75) is 13.0 Å². The van der Waals surface area contributed by atoms with Gasteiger partial charge in [0.2, 0.25) is 10.0 Å². The molecule has 0 aliphatic rings. The van der Waals surface area contributed by atoms with Crippen LogP contribution >= 0.6 is 11.6 Å². The average molecular weight is 619 g/mol. The van der Waals surface area contributed by atoms with E-state index in [2.05, 4.69) is 36.8 Å². The number of rotatable bonds is 8. The lowest BCUT2D eigenvalue weighted by Crippen LogP contribution is -2.26. The van der Waals surface area contributed by atoms with Gasteiger partial charge in [-0.1, -0.05) is 35.7 Å². The van der Waals surface area contributed by atoms with E-state index in [4.69, 9.17) is 22.3 Å². The molecule has 218 valence electrons. The van der Waals surface area contributed by atoms with E-state index < -0.39 is 15.8 Å². The summed E-state index contributed by atoms with van der Waals surface area (Å²) in [6.45, 7) is 0.320. The lowest BCUT2D eigenvalue weighted by Gasteiger charge is -2.16. The fourth-order valence-corrected chi connectivity index (χ4v) is 4.89. The Hall–Kier alpha value is -4.90. The zero-order valence-corrected chi connectivity index (χ0v) is 24.2. The van der Waals surface area contributed by atoms with Crippen molar-refractivity contribution < 1.29 is 12.8 Å². The number of benzene rings is 2. The van der Waals surface area contributed by atoms with Gasteiger partial charge in [-0.05, 0) is 47.9 Å². The van der Waals surface area contributed by atoms with E-state index >= 15 is 0 Å². The number of halogens is 2. The van der Waals surface area contributed by atoms with Gasteiger partial charge in [-0.15, -0.1) is 0 Å². The molecule has 43 heavy (non-hydrogen) atoms. The normalized spacial score (nSPS) is 11.2. The Kier molecular flexibility index (Phi) is 8.63. The lowest BCUT2D eigenvalue weighted by molar-refractivity contribution is 0.587. The van der Waals surface area contributed by atoms with Gasteiger partial charge in [0.25, 0.3) is 5.56 Å². The van der Waals surface area contributed by atoms with Crippen molar-refractivity contribution in [1.29, 1.82) is 0 Å². The first-order valence-electron chi connectivity index (χ1n) is 12.8. The van der Waals surface area contributed by atoms with Crippen LogP contribution < -0.4 is 21.3 Å². The molecule has 0 unspecified atom stereocenters. The molecule has 4 N–H and O–H groups in total. The second-order valence-electron chi connectivity index (χ2n) is 9.34. The Morgan fingerprint density at radius 1 is 1.07 bits per heavy atom.